The summed E-state index contributed by atoms with van der Waals surface area (Å²) in [6.07, 6.45) is -16.3. The van der Waals surface area contributed by atoms with Crippen molar-refractivity contribution in [1.29, 1.82) is 0 Å². The minimum Gasteiger partial charge on any atom is -0.394 e. The number of carbonyl (C=O) groups excluding carboxylic acids is 1. The molecule has 3 rings (SSSR count). The van der Waals surface area contributed by atoms with E-state index in [9.17, 15) is 45.6 Å². The van der Waals surface area contributed by atoms with Gasteiger partial charge < -0.3 is 74.6 Å². The first-order chi connectivity index (χ1) is 21.2. The molecule has 0 bridgehead atoms. The zero-order valence-electron chi connectivity index (χ0n) is 26.5. The van der Waals surface area contributed by atoms with Gasteiger partial charge in [0.25, 0.3) is 0 Å². The summed E-state index contributed by atoms with van der Waals surface area (Å²) >= 11 is 0. The average Bonchev–Trinajstić information content (AvgIpc) is 3.00. The Bertz CT molecular complexity index is 917. The molecule has 16 heteroatoms. The van der Waals surface area contributed by atoms with Crippen LogP contribution in [-0.2, 0) is 33.2 Å². The minimum absolute atomic E-state index is 0.133. The molecule has 3 aliphatic rings. The van der Waals surface area contributed by atoms with Gasteiger partial charge in [-0.3, -0.25) is 4.79 Å². The minimum atomic E-state index is -1.80. The number of unbranched alkanes of at least 4 members (excludes halogenated alkanes) is 1. The maximum Gasteiger partial charge on any atom is 0.217 e. The topological polar surface area (TPSA) is 246 Å². The molecule has 0 spiro atoms. The number of carbonyl (C=O) groups is 1. The lowest BCUT2D eigenvalue weighted by atomic mass is 9.88. The molecule has 264 valence electrons. The molecule has 3 saturated heterocycles. The van der Waals surface area contributed by atoms with Gasteiger partial charge in [0.2, 0.25) is 5.91 Å². The molecule has 9 N–H and O–H groups in total. The van der Waals surface area contributed by atoms with Crippen LogP contribution >= 0.6 is 0 Å². The highest BCUT2D eigenvalue weighted by atomic mass is 16.7. The molecule has 3 aliphatic heterocycles. The molecule has 45 heavy (non-hydrogen) atoms. The van der Waals surface area contributed by atoms with Crippen LogP contribution in [0.5, 0.6) is 0 Å². The summed E-state index contributed by atoms with van der Waals surface area (Å²) in [6, 6.07) is -1.12. The fourth-order valence-electron chi connectivity index (χ4n) is 6.06. The molecule has 0 saturated carbocycles. The zero-order chi connectivity index (χ0) is 33.6. The van der Waals surface area contributed by atoms with Crippen molar-refractivity contribution in [1.82, 2.24) is 5.32 Å². The monoisotopic (exact) mass is 655 g/mol. The molecule has 0 aromatic rings. The Morgan fingerprint density at radius 3 is 2.13 bits per heavy atom. The van der Waals surface area contributed by atoms with Crippen LogP contribution in [0, 0.1) is 5.92 Å². The number of amides is 1. The van der Waals surface area contributed by atoms with Gasteiger partial charge >= 0.3 is 0 Å². The fraction of sp³-hybridized carbons (Fsp3) is 0.966. The number of hydrogen-bond donors (Lipinski definition) is 9. The Morgan fingerprint density at radius 2 is 1.58 bits per heavy atom. The van der Waals surface area contributed by atoms with Crippen LogP contribution in [0.4, 0.5) is 0 Å². The van der Waals surface area contributed by atoms with E-state index in [1.54, 1.807) is 13.8 Å². The Morgan fingerprint density at radius 1 is 0.978 bits per heavy atom. The van der Waals surface area contributed by atoms with Crippen molar-refractivity contribution in [3.63, 3.8) is 0 Å². The SMILES string of the molecule is CCCCO[C@H]1OC(CO)[C@@H](O)[C@H](O[C@@H]2OC(CO)[C@H](O)[C@H](O[C@]3(C)C[C@@H](O)[C@@H](NC(C)=O)C([C@H](O)[C@H](O)CC)O3)C2O)C1C. The third-order valence-corrected chi connectivity index (χ3v) is 8.69. The molecule has 1 amide bonds. The van der Waals surface area contributed by atoms with Gasteiger partial charge in [0.1, 0.15) is 48.8 Å². The van der Waals surface area contributed by atoms with Gasteiger partial charge in [-0.05, 0) is 19.8 Å². The number of nitrogens with one attached hydrogen (secondary N) is 1. The van der Waals surface area contributed by atoms with E-state index in [0.29, 0.717) is 6.61 Å². The van der Waals surface area contributed by atoms with Crippen LogP contribution < -0.4 is 5.32 Å². The van der Waals surface area contributed by atoms with Gasteiger partial charge in [0, 0.05) is 25.9 Å². The second kappa shape index (κ2) is 16.8. The third-order valence-electron chi connectivity index (χ3n) is 8.69. The second-order valence-electron chi connectivity index (χ2n) is 12.4. The maximum atomic E-state index is 11.9. The lowest BCUT2D eigenvalue weighted by molar-refractivity contribution is -0.386. The maximum absolute atomic E-state index is 11.9. The van der Waals surface area contributed by atoms with E-state index in [2.05, 4.69) is 5.32 Å². The van der Waals surface area contributed by atoms with Crippen LogP contribution in [0.25, 0.3) is 0 Å². The molecule has 16 nitrogen and oxygen atoms in total. The molecule has 0 aromatic carbocycles. The fourth-order valence-corrected chi connectivity index (χ4v) is 6.06. The Balaban J connectivity index is 1.85. The van der Waals surface area contributed by atoms with Crippen LogP contribution in [0.2, 0.25) is 0 Å². The third kappa shape index (κ3) is 9.08. The highest BCUT2D eigenvalue weighted by Gasteiger charge is 2.55. The number of aliphatic hydroxyl groups is 8. The molecule has 16 atom stereocenters. The summed E-state index contributed by atoms with van der Waals surface area (Å²) in [4.78, 5) is 11.9. The zero-order valence-corrected chi connectivity index (χ0v) is 26.5. The first-order valence-corrected chi connectivity index (χ1v) is 15.7. The van der Waals surface area contributed by atoms with Crippen LogP contribution in [0.15, 0.2) is 0 Å². The summed E-state index contributed by atoms with van der Waals surface area (Å²) in [5.41, 5.74) is 0. The Kier molecular flexibility index (Phi) is 14.4. The van der Waals surface area contributed by atoms with Crippen molar-refractivity contribution in [3.8, 4) is 0 Å². The molecular formula is C29H53NO15. The summed E-state index contributed by atoms with van der Waals surface area (Å²) in [5.74, 6) is -2.92. The average molecular weight is 656 g/mol. The normalized spacial score (nSPS) is 43.9. The van der Waals surface area contributed by atoms with E-state index in [1.165, 1.54) is 13.8 Å². The van der Waals surface area contributed by atoms with Gasteiger partial charge in [-0.25, -0.2) is 0 Å². The summed E-state index contributed by atoms with van der Waals surface area (Å²) in [7, 11) is 0. The van der Waals surface area contributed by atoms with E-state index in [0.717, 1.165) is 12.8 Å². The molecule has 3 heterocycles. The summed E-state index contributed by atoms with van der Waals surface area (Å²) in [6.45, 7) is 7.03. The number of aliphatic hydroxyl groups excluding tert-OH is 8. The van der Waals surface area contributed by atoms with E-state index in [-0.39, 0.29) is 12.8 Å². The van der Waals surface area contributed by atoms with Gasteiger partial charge in [-0.15, -0.1) is 0 Å². The largest absolute Gasteiger partial charge is 0.394 e. The lowest BCUT2D eigenvalue weighted by Crippen LogP contribution is -2.68. The van der Waals surface area contributed by atoms with Crippen LogP contribution in [-0.4, -0.2) is 158 Å². The van der Waals surface area contributed by atoms with Crippen molar-refractivity contribution in [3.05, 3.63) is 0 Å². The quantitative estimate of drug-likeness (QED) is 0.0860. The van der Waals surface area contributed by atoms with Crippen LogP contribution in [0.1, 0.15) is 60.3 Å². The standard InChI is InChI=1S/C29H53NO15/c1-6-8-9-40-27-13(3)24(21(37)17(11-31)41-27)43-28-23(39)26(22(38)18(12-32)42-28)45-29(5)10-16(35)19(30-14(4)33)25(44-29)20(36)15(34)7-2/h13,15-28,31-32,34-39H,6-12H2,1-5H3,(H,30,33)/t13?,15-,16-,17?,18?,19-,20-,21-,22+,23?,24-,25?,26+,27+,28+,29-/m1/s1. The predicted octanol–water partition coefficient (Wildman–Crippen LogP) is -2.77. The van der Waals surface area contributed by atoms with Crippen LogP contribution in [0.3, 0.4) is 0 Å². The molecule has 0 aliphatic carbocycles. The van der Waals surface area contributed by atoms with E-state index >= 15 is 0 Å². The summed E-state index contributed by atoms with van der Waals surface area (Å²) in [5, 5.41) is 87.9. The first-order valence-electron chi connectivity index (χ1n) is 15.7. The Hall–Kier alpha value is -1.09. The van der Waals surface area contributed by atoms with Crippen molar-refractivity contribution < 1.29 is 74.1 Å². The highest BCUT2D eigenvalue weighted by Crippen LogP contribution is 2.38. The summed E-state index contributed by atoms with van der Waals surface area (Å²) < 4.78 is 35.4. The lowest BCUT2D eigenvalue weighted by Gasteiger charge is -2.51. The molecule has 5 unspecified atom stereocenters. The van der Waals surface area contributed by atoms with Gasteiger partial charge in [0.05, 0.1) is 37.6 Å². The second-order valence-corrected chi connectivity index (χ2v) is 12.4. The first kappa shape index (κ1) is 38.4. The smallest absolute Gasteiger partial charge is 0.217 e. The number of hydrogen-bond acceptors (Lipinski definition) is 15. The van der Waals surface area contributed by atoms with E-state index < -0.39 is 117 Å². The highest BCUT2D eigenvalue weighted by molar-refractivity contribution is 5.73. The van der Waals surface area contributed by atoms with E-state index in [4.69, 9.17) is 28.4 Å². The number of rotatable bonds is 14. The molecule has 0 aromatic heterocycles. The predicted molar refractivity (Wildman–Crippen MR) is 153 cm³/mol. The van der Waals surface area contributed by atoms with Gasteiger partial charge in [-0.2, -0.15) is 0 Å². The van der Waals surface area contributed by atoms with Gasteiger partial charge in [0.15, 0.2) is 18.4 Å². The molecular weight excluding hydrogens is 602 g/mol. The molecule has 3 fully saturated rings. The number of ether oxygens (including phenoxy) is 6. The Labute approximate surface area is 263 Å². The van der Waals surface area contributed by atoms with Crippen molar-refractivity contribution in [2.45, 2.75) is 152 Å². The van der Waals surface area contributed by atoms with Crippen molar-refractivity contribution in [2.24, 2.45) is 5.92 Å². The van der Waals surface area contributed by atoms with E-state index in [1.807, 2.05) is 6.92 Å². The van der Waals surface area contributed by atoms with Gasteiger partial charge in [-0.1, -0.05) is 27.2 Å². The van der Waals surface area contributed by atoms with Crippen molar-refractivity contribution >= 4 is 5.91 Å². The van der Waals surface area contributed by atoms with Crippen molar-refractivity contribution in [2.75, 3.05) is 19.8 Å². The molecule has 0 radical (unpaired) electrons.